The Kier molecular flexibility index (Phi) is 4.82. The smallest absolute Gasteiger partial charge is 0.326 e. The molecule has 118 valence electrons. The molecule has 0 radical (unpaired) electrons. The van der Waals surface area contributed by atoms with Gasteiger partial charge >= 0.3 is 5.97 Å². The van der Waals surface area contributed by atoms with Gasteiger partial charge in [0.05, 0.1) is 12.5 Å². The zero-order chi connectivity index (χ0) is 15.6. The van der Waals surface area contributed by atoms with E-state index in [1.807, 2.05) is 0 Å². The van der Waals surface area contributed by atoms with Gasteiger partial charge in [-0.15, -0.1) is 0 Å². The van der Waals surface area contributed by atoms with Gasteiger partial charge in [0, 0.05) is 6.04 Å². The van der Waals surface area contributed by atoms with Crippen molar-refractivity contribution in [2.45, 2.75) is 63.1 Å². The number of amides is 2. The number of primary amides is 1. The average Bonchev–Trinajstić information content (AvgIpc) is 2.44. The van der Waals surface area contributed by atoms with E-state index >= 15 is 0 Å². The number of piperidine rings is 1. The largest absolute Gasteiger partial charge is 0.480 e. The van der Waals surface area contributed by atoms with Crippen molar-refractivity contribution in [1.29, 1.82) is 0 Å². The number of rotatable bonds is 4. The monoisotopic (exact) mass is 297 g/mol. The molecule has 21 heavy (non-hydrogen) atoms. The third-order valence-electron chi connectivity index (χ3n) is 4.65. The maximum absolute atomic E-state index is 12.5. The molecule has 7 heteroatoms. The standard InChI is InChI=1S/C14H23N3O4/c15-9(7-12(16)18)13(19)17-10-4-2-1-3-8(10)5-6-11(17)14(20)21/h8-11H,1-7,15H2,(H2,16,18)(H,20,21). The quantitative estimate of drug-likeness (QED) is 0.663. The van der Waals surface area contributed by atoms with Gasteiger partial charge in [-0.2, -0.15) is 0 Å². The predicted octanol–water partition coefficient (Wildman–Crippen LogP) is -0.177. The van der Waals surface area contributed by atoms with E-state index in [1.54, 1.807) is 0 Å². The Bertz CT molecular complexity index is 440. The van der Waals surface area contributed by atoms with Gasteiger partial charge in [-0.3, -0.25) is 9.59 Å². The van der Waals surface area contributed by atoms with Crippen molar-refractivity contribution in [2.75, 3.05) is 0 Å². The molecule has 1 heterocycles. The molecule has 2 fully saturated rings. The molecule has 0 spiro atoms. The van der Waals surface area contributed by atoms with Gasteiger partial charge in [0.15, 0.2) is 0 Å². The van der Waals surface area contributed by atoms with Crippen LogP contribution in [0.1, 0.15) is 44.9 Å². The fraction of sp³-hybridized carbons (Fsp3) is 0.786. The summed E-state index contributed by atoms with van der Waals surface area (Å²) in [4.78, 5) is 36.4. The van der Waals surface area contributed by atoms with Crippen molar-refractivity contribution in [1.82, 2.24) is 4.90 Å². The van der Waals surface area contributed by atoms with E-state index in [9.17, 15) is 19.5 Å². The lowest BCUT2D eigenvalue weighted by Gasteiger charge is -2.47. The Labute approximate surface area is 123 Å². The van der Waals surface area contributed by atoms with E-state index < -0.39 is 29.9 Å². The molecule has 0 bridgehead atoms. The van der Waals surface area contributed by atoms with Crippen molar-refractivity contribution in [3.63, 3.8) is 0 Å². The van der Waals surface area contributed by atoms with Crippen LogP contribution in [0.4, 0.5) is 0 Å². The minimum atomic E-state index is -1.05. The second-order valence-corrected chi connectivity index (χ2v) is 6.07. The third-order valence-corrected chi connectivity index (χ3v) is 4.65. The van der Waals surface area contributed by atoms with Gasteiger partial charge in [0.25, 0.3) is 0 Å². The highest BCUT2D eigenvalue weighted by atomic mass is 16.4. The highest BCUT2D eigenvalue weighted by Gasteiger charge is 2.44. The number of likely N-dealkylation sites (tertiary alicyclic amines) is 1. The lowest BCUT2D eigenvalue weighted by atomic mass is 9.76. The van der Waals surface area contributed by atoms with Gasteiger partial charge in [0.2, 0.25) is 11.8 Å². The van der Waals surface area contributed by atoms with E-state index in [4.69, 9.17) is 11.5 Å². The molecular weight excluding hydrogens is 274 g/mol. The second kappa shape index (κ2) is 6.43. The zero-order valence-electron chi connectivity index (χ0n) is 12.0. The molecule has 2 rings (SSSR count). The van der Waals surface area contributed by atoms with Crippen molar-refractivity contribution in [3.8, 4) is 0 Å². The molecule has 1 aliphatic heterocycles. The molecule has 1 aliphatic carbocycles. The summed E-state index contributed by atoms with van der Waals surface area (Å²) in [6.07, 6.45) is 4.97. The maximum Gasteiger partial charge on any atom is 0.326 e. The highest BCUT2D eigenvalue weighted by molar-refractivity contribution is 5.90. The fourth-order valence-electron chi connectivity index (χ4n) is 3.69. The summed E-state index contributed by atoms with van der Waals surface area (Å²) in [6.45, 7) is 0. The van der Waals surface area contributed by atoms with Crippen LogP contribution in [0.5, 0.6) is 0 Å². The van der Waals surface area contributed by atoms with Crippen LogP contribution in [0, 0.1) is 5.92 Å². The topological polar surface area (TPSA) is 127 Å². The summed E-state index contributed by atoms with van der Waals surface area (Å²) in [5.74, 6) is -1.77. The third kappa shape index (κ3) is 3.34. The summed E-state index contributed by atoms with van der Waals surface area (Å²) in [5, 5.41) is 9.39. The molecule has 1 saturated carbocycles. The first-order valence-corrected chi connectivity index (χ1v) is 7.50. The molecule has 7 nitrogen and oxygen atoms in total. The molecule has 0 aromatic rings. The van der Waals surface area contributed by atoms with Gasteiger partial charge in [-0.05, 0) is 31.6 Å². The zero-order valence-corrected chi connectivity index (χ0v) is 12.0. The van der Waals surface area contributed by atoms with E-state index in [1.165, 1.54) is 4.90 Å². The molecule has 4 atom stereocenters. The second-order valence-electron chi connectivity index (χ2n) is 6.07. The van der Waals surface area contributed by atoms with E-state index in [-0.39, 0.29) is 12.5 Å². The van der Waals surface area contributed by atoms with Crippen LogP contribution in [0.2, 0.25) is 0 Å². The average molecular weight is 297 g/mol. The first-order valence-electron chi connectivity index (χ1n) is 7.50. The van der Waals surface area contributed by atoms with Crippen LogP contribution < -0.4 is 11.5 Å². The van der Waals surface area contributed by atoms with E-state index in [2.05, 4.69) is 0 Å². The molecule has 5 N–H and O–H groups in total. The molecule has 0 aromatic carbocycles. The van der Waals surface area contributed by atoms with Crippen molar-refractivity contribution in [2.24, 2.45) is 17.4 Å². The van der Waals surface area contributed by atoms with Crippen LogP contribution in [0.25, 0.3) is 0 Å². The van der Waals surface area contributed by atoms with Crippen LogP contribution in [-0.4, -0.2) is 45.9 Å². The number of hydrogen-bond acceptors (Lipinski definition) is 4. The lowest BCUT2D eigenvalue weighted by molar-refractivity contribution is -0.159. The highest BCUT2D eigenvalue weighted by Crippen LogP contribution is 2.38. The Morgan fingerprint density at radius 3 is 2.43 bits per heavy atom. The van der Waals surface area contributed by atoms with E-state index in [0.29, 0.717) is 12.3 Å². The van der Waals surface area contributed by atoms with Crippen molar-refractivity contribution in [3.05, 3.63) is 0 Å². The molecule has 4 unspecified atom stereocenters. The van der Waals surface area contributed by atoms with Crippen LogP contribution in [0.15, 0.2) is 0 Å². The minimum Gasteiger partial charge on any atom is -0.480 e. The number of carboxylic acids is 1. The van der Waals surface area contributed by atoms with Crippen molar-refractivity contribution < 1.29 is 19.5 Å². The van der Waals surface area contributed by atoms with Gasteiger partial charge in [0.1, 0.15) is 6.04 Å². The summed E-state index contributed by atoms with van der Waals surface area (Å²) in [6, 6.07) is -1.96. The Morgan fingerprint density at radius 1 is 1.14 bits per heavy atom. The predicted molar refractivity (Wildman–Crippen MR) is 75.0 cm³/mol. The Hall–Kier alpha value is -1.63. The van der Waals surface area contributed by atoms with Crippen LogP contribution in [-0.2, 0) is 14.4 Å². The number of nitrogens with zero attached hydrogens (tertiary/aromatic N) is 1. The van der Waals surface area contributed by atoms with Gasteiger partial charge < -0.3 is 21.5 Å². The normalized spacial score (nSPS) is 30.3. The number of carbonyl (C=O) groups excluding carboxylic acids is 2. The van der Waals surface area contributed by atoms with Gasteiger partial charge in [-0.25, -0.2) is 4.79 Å². The first-order chi connectivity index (χ1) is 9.91. The van der Waals surface area contributed by atoms with Crippen molar-refractivity contribution >= 4 is 17.8 Å². The first kappa shape index (κ1) is 15.8. The SMILES string of the molecule is NC(=O)CC(N)C(=O)N1C(C(=O)O)CCC2CCCCC21. The van der Waals surface area contributed by atoms with Crippen LogP contribution >= 0.6 is 0 Å². The maximum atomic E-state index is 12.5. The fourth-order valence-corrected chi connectivity index (χ4v) is 3.69. The summed E-state index contributed by atoms with van der Waals surface area (Å²) in [5.41, 5.74) is 10.8. The number of nitrogens with two attached hydrogens (primary N) is 2. The van der Waals surface area contributed by atoms with Crippen LogP contribution in [0.3, 0.4) is 0 Å². The summed E-state index contributed by atoms with van der Waals surface area (Å²) in [7, 11) is 0. The molecular formula is C14H23N3O4. The summed E-state index contributed by atoms with van der Waals surface area (Å²) < 4.78 is 0. The number of carbonyl (C=O) groups is 3. The Morgan fingerprint density at radius 2 is 1.81 bits per heavy atom. The van der Waals surface area contributed by atoms with E-state index in [0.717, 1.165) is 32.1 Å². The lowest BCUT2D eigenvalue weighted by Crippen LogP contribution is -2.61. The summed E-state index contributed by atoms with van der Waals surface area (Å²) >= 11 is 0. The molecule has 2 aliphatic rings. The van der Waals surface area contributed by atoms with Gasteiger partial charge in [-0.1, -0.05) is 12.8 Å². The number of aliphatic carboxylic acids is 1. The molecule has 0 aromatic heterocycles. The Balaban J connectivity index is 2.21. The number of carboxylic acid groups (broad SMARTS) is 1. The number of fused-ring (bicyclic) bond motifs is 1. The number of hydrogen-bond donors (Lipinski definition) is 3. The minimum absolute atomic E-state index is 0.0694. The molecule has 1 saturated heterocycles. The molecule has 2 amide bonds.